The molecule has 0 saturated carbocycles. The second kappa shape index (κ2) is 12.4. The van der Waals surface area contributed by atoms with Gasteiger partial charge in [0.05, 0.1) is 18.9 Å². The van der Waals surface area contributed by atoms with Crippen molar-refractivity contribution in [2.75, 3.05) is 13.2 Å². The lowest BCUT2D eigenvalue weighted by Gasteiger charge is -2.40. The Balaban J connectivity index is 1.92. The number of carbonyl (C=O) groups is 1. The molecule has 1 aromatic heterocycles. The van der Waals surface area contributed by atoms with Gasteiger partial charge in [-0.3, -0.25) is 0 Å². The van der Waals surface area contributed by atoms with E-state index < -0.39 is 23.0 Å². The smallest absolute Gasteiger partial charge is 0.409 e. The maximum atomic E-state index is 12.4. The van der Waals surface area contributed by atoms with E-state index in [0.717, 1.165) is 18.5 Å². The van der Waals surface area contributed by atoms with Crippen LogP contribution in [0.15, 0.2) is 10.6 Å². The van der Waals surface area contributed by atoms with Gasteiger partial charge in [0, 0.05) is 6.07 Å². The molecule has 0 unspecified atom stereocenters. The van der Waals surface area contributed by atoms with Crippen LogP contribution in [0.25, 0.3) is 0 Å². The molecule has 1 aliphatic rings. The molecule has 0 aliphatic carbocycles. The van der Waals surface area contributed by atoms with Crippen molar-refractivity contribution >= 4 is 6.09 Å². The lowest BCUT2D eigenvalue weighted by molar-refractivity contribution is -0.262. The van der Waals surface area contributed by atoms with E-state index >= 15 is 0 Å². The summed E-state index contributed by atoms with van der Waals surface area (Å²) in [5, 5.41) is 6.96. The van der Waals surface area contributed by atoms with Crippen LogP contribution < -0.4 is 5.32 Å². The molecule has 2 rings (SSSR count). The van der Waals surface area contributed by atoms with E-state index in [1.807, 2.05) is 40.7 Å². The number of hydrogen-bond acceptors (Lipinski definition) is 6. The van der Waals surface area contributed by atoms with E-state index in [0.29, 0.717) is 5.76 Å². The topological polar surface area (TPSA) is 82.8 Å². The average Bonchev–Trinajstić information content (AvgIpc) is 3.17. The van der Waals surface area contributed by atoms with Gasteiger partial charge in [-0.25, -0.2) is 4.79 Å². The van der Waals surface area contributed by atoms with Crippen molar-refractivity contribution in [3.05, 3.63) is 17.5 Å². The van der Waals surface area contributed by atoms with Gasteiger partial charge in [-0.1, -0.05) is 62.9 Å². The minimum absolute atomic E-state index is 0.172. The maximum Gasteiger partial charge on any atom is 0.409 e. The standard InChI is InChI=1S/C26H42N2O5/c1-7-8-9-10-11-12-13-14-15-21-18-22(33-28-21)16-17-26(19-30-25(5,6)31-20-26)27-23(29)32-24(2,3)4/h18H,7-15,19-20H2,1-6H3,(H,27,29). The van der Waals surface area contributed by atoms with Crippen LogP contribution in [-0.2, 0) is 20.6 Å². The Morgan fingerprint density at radius 1 is 1.09 bits per heavy atom. The maximum absolute atomic E-state index is 12.4. The normalized spacial score (nSPS) is 17.2. The summed E-state index contributed by atoms with van der Waals surface area (Å²) in [5.41, 5.74) is -0.761. The summed E-state index contributed by atoms with van der Waals surface area (Å²) in [4.78, 5) is 12.4. The molecule has 7 nitrogen and oxygen atoms in total. The largest absolute Gasteiger partial charge is 0.444 e. The molecule has 0 aromatic carbocycles. The van der Waals surface area contributed by atoms with Crippen LogP contribution in [0.2, 0.25) is 0 Å². The predicted molar refractivity (Wildman–Crippen MR) is 128 cm³/mol. The first-order valence-electron chi connectivity index (χ1n) is 12.3. The number of amides is 1. The number of nitrogens with one attached hydrogen (secondary N) is 1. The molecule has 1 amide bonds. The van der Waals surface area contributed by atoms with E-state index in [2.05, 4.69) is 29.2 Å². The highest BCUT2D eigenvalue weighted by molar-refractivity contribution is 5.70. The molecule has 33 heavy (non-hydrogen) atoms. The Morgan fingerprint density at radius 3 is 2.30 bits per heavy atom. The molecular weight excluding hydrogens is 420 g/mol. The van der Waals surface area contributed by atoms with Crippen molar-refractivity contribution in [1.82, 2.24) is 10.5 Å². The van der Waals surface area contributed by atoms with Crippen LogP contribution in [0.3, 0.4) is 0 Å². The molecule has 1 saturated heterocycles. The van der Waals surface area contributed by atoms with E-state index in [-0.39, 0.29) is 13.2 Å². The van der Waals surface area contributed by atoms with Crippen LogP contribution in [0.5, 0.6) is 0 Å². The molecule has 1 fully saturated rings. The third-order valence-electron chi connectivity index (χ3n) is 5.34. The molecule has 0 spiro atoms. The Morgan fingerprint density at radius 2 is 1.70 bits per heavy atom. The molecule has 186 valence electrons. The first-order chi connectivity index (χ1) is 15.5. The lowest BCUT2D eigenvalue weighted by atomic mass is 10.0. The van der Waals surface area contributed by atoms with Gasteiger partial charge in [0.15, 0.2) is 11.3 Å². The van der Waals surface area contributed by atoms with Crippen LogP contribution in [0.1, 0.15) is 104 Å². The number of alkyl carbamates (subject to hydrolysis) is 1. The molecule has 0 radical (unpaired) electrons. The number of unbranched alkanes of at least 4 members (excludes halogenated alkanes) is 7. The third kappa shape index (κ3) is 10.6. The van der Waals surface area contributed by atoms with Gasteiger partial charge in [0.25, 0.3) is 0 Å². The summed E-state index contributed by atoms with van der Waals surface area (Å²) >= 11 is 0. The van der Waals surface area contributed by atoms with Crippen LogP contribution in [0.4, 0.5) is 4.79 Å². The molecule has 2 heterocycles. The van der Waals surface area contributed by atoms with Gasteiger partial charge in [-0.15, -0.1) is 0 Å². The second-order valence-corrected chi connectivity index (χ2v) is 10.3. The van der Waals surface area contributed by atoms with E-state index in [1.165, 1.54) is 44.9 Å². The zero-order chi connectivity index (χ0) is 24.4. The minimum atomic E-state index is -1.04. The molecule has 7 heteroatoms. The fraction of sp³-hybridized carbons (Fsp3) is 0.769. The summed E-state index contributed by atoms with van der Waals surface area (Å²) in [6.07, 6.45) is 10.5. The highest BCUT2D eigenvalue weighted by atomic mass is 16.7. The van der Waals surface area contributed by atoms with Crippen LogP contribution >= 0.6 is 0 Å². The average molecular weight is 463 g/mol. The summed E-state index contributed by atoms with van der Waals surface area (Å²) < 4.78 is 22.3. The van der Waals surface area contributed by atoms with Crippen molar-refractivity contribution in [2.24, 2.45) is 0 Å². The number of aromatic nitrogens is 1. The summed E-state index contributed by atoms with van der Waals surface area (Å²) in [7, 11) is 0. The number of nitrogens with zero attached hydrogens (tertiary/aromatic N) is 1. The van der Waals surface area contributed by atoms with Crippen molar-refractivity contribution in [1.29, 1.82) is 0 Å². The number of ether oxygens (including phenoxy) is 3. The summed E-state index contributed by atoms with van der Waals surface area (Å²) in [6.45, 7) is 11.7. The van der Waals surface area contributed by atoms with Crippen LogP contribution in [-0.4, -0.2) is 41.4 Å². The lowest BCUT2D eigenvalue weighted by Crippen LogP contribution is -2.60. The Hall–Kier alpha value is -2.04. The zero-order valence-electron chi connectivity index (χ0n) is 21.3. The van der Waals surface area contributed by atoms with Crippen molar-refractivity contribution < 1.29 is 23.5 Å². The Labute approximate surface area is 199 Å². The molecule has 1 N–H and O–H groups in total. The molecule has 0 bridgehead atoms. The molecule has 0 atom stereocenters. The van der Waals surface area contributed by atoms with Crippen molar-refractivity contribution in [3.8, 4) is 11.8 Å². The molecule has 1 aliphatic heterocycles. The number of carbonyl (C=O) groups excluding carboxylic acids is 1. The Kier molecular flexibility index (Phi) is 10.2. The number of rotatable bonds is 10. The summed E-state index contributed by atoms with van der Waals surface area (Å²) in [5.74, 6) is 5.78. The molecule has 1 aromatic rings. The number of aryl methyl sites for hydroxylation is 1. The van der Waals surface area contributed by atoms with E-state index in [9.17, 15) is 4.79 Å². The highest BCUT2D eigenvalue weighted by Crippen LogP contribution is 2.24. The first-order valence-corrected chi connectivity index (χ1v) is 12.3. The summed E-state index contributed by atoms with van der Waals surface area (Å²) in [6, 6.07) is 1.86. The van der Waals surface area contributed by atoms with Gasteiger partial charge in [0.2, 0.25) is 5.76 Å². The Bertz CT molecular complexity index is 788. The number of hydrogen-bond donors (Lipinski definition) is 1. The second-order valence-electron chi connectivity index (χ2n) is 10.3. The van der Waals surface area contributed by atoms with Gasteiger partial charge in [0.1, 0.15) is 5.60 Å². The fourth-order valence-electron chi connectivity index (χ4n) is 3.46. The van der Waals surface area contributed by atoms with Gasteiger partial charge >= 0.3 is 6.09 Å². The van der Waals surface area contributed by atoms with E-state index in [1.54, 1.807) is 0 Å². The minimum Gasteiger partial charge on any atom is -0.444 e. The zero-order valence-corrected chi connectivity index (χ0v) is 21.3. The van der Waals surface area contributed by atoms with E-state index in [4.69, 9.17) is 18.7 Å². The quantitative estimate of drug-likeness (QED) is 0.352. The third-order valence-corrected chi connectivity index (χ3v) is 5.34. The van der Waals surface area contributed by atoms with Crippen molar-refractivity contribution in [2.45, 2.75) is 116 Å². The molecular formula is C26H42N2O5. The SMILES string of the molecule is CCCCCCCCCCc1cc(C#CC2(NC(=O)OC(C)(C)C)COC(C)(C)OC2)on1. The van der Waals surface area contributed by atoms with Gasteiger partial charge in [-0.2, -0.15) is 0 Å². The fourth-order valence-corrected chi connectivity index (χ4v) is 3.46. The first kappa shape index (κ1) is 27.2. The monoisotopic (exact) mass is 462 g/mol. The predicted octanol–water partition coefficient (Wildman–Crippen LogP) is 5.76. The van der Waals surface area contributed by atoms with Crippen LogP contribution in [0, 0.1) is 11.8 Å². The van der Waals surface area contributed by atoms with Crippen molar-refractivity contribution in [3.63, 3.8) is 0 Å². The van der Waals surface area contributed by atoms with Gasteiger partial charge < -0.3 is 24.1 Å². The van der Waals surface area contributed by atoms with Gasteiger partial charge in [-0.05, 0) is 53.4 Å². The highest BCUT2D eigenvalue weighted by Gasteiger charge is 2.41.